The van der Waals surface area contributed by atoms with Crippen molar-refractivity contribution < 1.29 is 4.79 Å². The molecule has 1 aliphatic rings. The van der Waals surface area contributed by atoms with Gasteiger partial charge >= 0.3 is 0 Å². The molecule has 0 unspecified atom stereocenters. The number of rotatable bonds is 6. The normalized spacial score (nSPS) is 16.1. The first kappa shape index (κ1) is 25.5. The summed E-state index contributed by atoms with van der Waals surface area (Å²) >= 11 is 0. The first-order valence-corrected chi connectivity index (χ1v) is 12.9. The minimum atomic E-state index is -0.244. The number of aromatic nitrogens is 7. The molecule has 1 aliphatic heterocycles. The summed E-state index contributed by atoms with van der Waals surface area (Å²) in [6.45, 7) is 12.8. The molecule has 1 atom stereocenters. The average Bonchev–Trinajstić information content (AvgIpc) is 3.51. The first-order chi connectivity index (χ1) is 18.2. The molecule has 11 heteroatoms. The van der Waals surface area contributed by atoms with E-state index >= 15 is 0 Å². The highest BCUT2D eigenvalue weighted by atomic mass is 16.2. The number of nitrogens with zero attached hydrogens (tertiary/aromatic N) is 7. The number of carbonyl (C=O) groups is 1. The molecule has 4 heterocycles. The van der Waals surface area contributed by atoms with Gasteiger partial charge in [-0.2, -0.15) is 5.10 Å². The maximum atomic E-state index is 13.1. The van der Waals surface area contributed by atoms with Crippen molar-refractivity contribution in [2.24, 2.45) is 0 Å². The summed E-state index contributed by atoms with van der Waals surface area (Å²) in [5.74, 6) is 0.289. The molecule has 0 saturated heterocycles. The van der Waals surface area contributed by atoms with Crippen molar-refractivity contribution >= 4 is 17.5 Å². The van der Waals surface area contributed by atoms with Gasteiger partial charge in [0.1, 0.15) is 0 Å². The zero-order valence-electron chi connectivity index (χ0n) is 22.5. The van der Waals surface area contributed by atoms with E-state index in [1.807, 2.05) is 33.8 Å². The molecule has 0 saturated carbocycles. The average molecular weight is 515 g/mol. The van der Waals surface area contributed by atoms with E-state index in [-0.39, 0.29) is 17.5 Å². The maximum Gasteiger partial charge on any atom is 0.273 e. The fourth-order valence-electron chi connectivity index (χ4n) is 4.55. The molecule has 5 rings (SSSR count). The Morgan fingerprint density at radius 1 is 1.24 bits per heavy atom. The molecule has 1 aromatic carbocycles. The van der Waals surface area contributed by atoms with Crippen LogP contribution in [0.5, 0.6) is 0 Å². The summed E-state index contributed by atoms with van der Waals surface area (Å²) in [6.07, 6.45) is 5.98. The van der Waals surface area contributed by atoms with Crippen LogP contribution in [-0.4, -0.2) is 59.1 Å². The van der Waals surface area contributed by atoms with Crippen LogP contribution in [0.1, 0.15) is 67.5 Å². The summed E-state index contributed by atoms with van der Waals surface area (Å²) in [5.41, 5.74) is 5.93. The number of aromatic amines is 1. The zero-order chi connectivity index (χ0) is 26.9. The Kier molecular flexibility index (Phi) is 6.94. The Balaban J connectivity index is 1.41. The SMILES string of the molecule is CCN1CC[C@H](NC(=O)c2cn(C(C)(C)C)nn2)c2ccc(-c3ccnc(Nc4cn[nH]c4C)n3)cc2C1. The molecular formula is C27H34N10O. The van der Waals surface area contributed by atoms with Gasteiger partial charge in [-0.15, -0.1) is 5.10 Å². The number of nitrogens with one attached hydrogen (secondary N) is 3. The van der Waals surface area contributed by atoms with Gasteiger partial charge in [0.2, 0.25) is 5.95 Å². The number of H-pyrrole nitrogens is 1. The number of fused-ring (bicyclic) bond motifs is 1. The standard InChI is InChI=1S/C27H34N10O/c1-6-36-12-10-22(30-25(38)24-16-37(35-34-24)27(3,4)5)20-8-7-18(13-19(20)15-36)21-9-11-28-26(31-21)32-23-14-29-33-17(23)2/h7-9,11,13-14,16,22H,6,10,12,15H2,1-5H3,(H,29,33)(H,30,38)(H,28,31,32)/t22-/m0/s1. The number of carbonyl (C=O) groups excluding carboxylic acids is 1. The molecule has 0 spiro atoms. The maximum absolute atomic E-state index is 13.1. The highest BCUT2D eigenvalue weighted by Crippen LogP contribution is 2.31. The van der Waals surface area contributed by atoms with E-state index in [4.69, 9.17) is 4.98 Å². The van der Waals surface area contributed by atoms with Gasteiger partial charge in [0.05, 0.1) is 41.0 Å². The van der Waals surface area contributed by atoms with Crippen LogP contribution in [0.4, 0.5) is 11.6 Å². The minimum Gasteiger partial charge on any atom is -0.344 e. The lowest BCUT2D eigenvalue weighted by atomic mass is 9.96. The zero-order valence-corrected chi connectivity index (χ0v) is 22.5. The lowest BCUT2D eigenvalue weighted by molar-refractivity contribution is 0.0928. The van der Waals surface area contributed by atoms with Gasteiger partial charge < -0.3 is 10.6 Å². The smallest absolute Gasteiger partial charge is 0.273 e. The van der Waals surface area contributed by atoms with Crippen LogP contribution in [0.2, 0.25) is 0 Å². The van der Waals surface area contributed by atoms with Crippen LogP contribution in [0.3, 0.4) is 0 Å². The van der Waals surface area contributed by atoms with Gasteiger partial charge in [-0.25, -0.2) is 14.6 Å². The van der Waals surface area contributed by atoms with Gasteiger partial charge in [-0.1, -0.05) is 24.3 Å². The van der Waals surface area contributed by atoms with E-state index in [0.29, 0.717) is 11.6 Å². The van der Waals surface area contributed by atoms with Crippen LogP contribution in [0, 0.1) is 6.92 Å². The Bertz CT molecular complexity index is 1430. The fraction of sp³-hybridized carbons (Fsp3) is 0.407. The number of hydrogen-bond donors (Lipinski definition) is 3. The van der Waals surface area contributed by atoms with Crippen molar-refractivity contribution in [1.29, 1.82) is 0 Å². The lowest BCUT2D eigenvalue weighted by Crippen LogP contribution is -2.30. The van der Waals surface area contributed by atoms with Crippen molar-refractivity contribution in [3.05, 3.63) is 65.4 Å². The Morgan fingerprint density at radius 3 is 2.79 bits per heavy atom. The van der Waals surface area contributed by atoms with Crippen molar-refractivity contribution in [2.75, 3.05) is 18.4 Å². The summed E-state index contributed by atoms with van der Waals surface area (Å²) in [5, 5.41) is 21.6. The molecule has 38 heavy (non-hydrogen) atoms. The van der Waals surface area contributed by atoms with Crippen molar-refractivity contribution in [3.63, 3.8) is 0 Å². The molecular weight excluding hydrogens is 480 g/mol. The van der Waals surface area contributed by atoms with Gasteiger partial charge in [-0.05, 0) is 63.9 Å². The molecule has 3 N–H and O–H groups in total. The predicted molar refractivity (Wildman–Crippen MR) is 145 cm³/mol. The Hall–Kier alpha value is -4.12. The van der Waals surface area contributed by atoms with Gasteiger partial charge in [-0.3, -0.25) is 14.8 Å². The third kappa shape index (κ3) is 5.42. The van der Waals surface area contributed by atoms with E-state index < -0.39 is 0 Å². The molecule has 0 fully saturated rings. The van der Waals surface area contributed by atoms with E-state index in [2.05, 4.69) is 66.1 Å². The monoisotopic (exact) mass is 514 g/mol. The van der Waals surface area contributed by atoms with E-state index in [1.54, 1.807) is 23.3 Å². The van der Waals surface area contributed by atoms with Gasteiger partial charge in [0, 0.05) is 24.8 Å². The Labute approximate surface area is 222 Å². The molecule has 0 radical (unpaired) electrons. The molecule has 0 bridgehead atoms. The predicted octanol–water partition coefficient (Wildman–Crippen LogP) is 3.96. The van der Waals surface area contributed by atoms with E-state index in [9.17, 15) is 4.79 Å². The topological polar surface area (TPSA) is 130 Å². The third-order valence-electron chi connectivity index (χ3n) is 6.84. The van der Waals surface area contributed by atoms with Crippen molar-refractivity contribution in [3.8, 4) is 11.3 Å². The van der Waals surface area contributed by atoms with Crippen LogP contribution in [-0.2, 0) is 12.1 Å². The van der Waals surface area contributed by atoms with Crippen LogP contribution in [0.15, 0.2) is 42.9 Å². The number of aryl methyl sites for hydroxylation is 1. The second-order valence-corrected chi connectivity index (χ2v) is 10.6. The van der Waals surface area contributed by atoms with E-state index in [0.717, 1.165) is 54.3 Å². The number of benzene rings is 1. The van der Waals surface area contributed by atoms with E-state index in [1.165, 1.54) is 5.56 Å². The van der Waals surface area contributed by atoms with Crippen LogP contribution < -0.4 is 10.6 Å². The minimum absolute atomic E-state index is 0.130. The largest absolute Gasteiger partial charge is 0.344 e. The highest BCUT2D eigenvalue weighted by molar-refractivity contribution is 5.92. The summed E-state index contributed by atoms with van der Waals surface area (Å²) in [6, 6.07) is 8.12. The van der Waals surface area contributed by atoms with Crippen LogP contribution in [0.25, 0.3) is 11.3 Å². The Morgan fingerprint density at radius 2 is 2.08 bits per heavy atom. The van der Waals surface area contributed by atoms with Gasteiger partial charge in [0.15, 0.2) is 5.69 Å². The highest BCUT2D eigenvalue weighted by Gasteiger charge is 2.26. The van der Waals surface area contributed by atoms with Crippen molar-refractivity contribution in [2.45, 2.75) is 59.2 Å². The first-order valence-electron chi connectivity index (χ1n) is 12.9. The van der Waals surface area contributed by atoms with Gasteiger partial charge in [0.25, 0.3) is 5.91 Å². The second-order valence-electron chi connectivity index (χ2n) is 10.6. The summed E-state index contributed by atoms with van der Waals surface area (Å²) in [7, 11) is 0. The molecule has 4 aromatic rings. The summed E-state index contributed by atoms with van der Waals surface area (Å²) in [4.78, 5) is 24.6. The molecule has 0 aliphatic carbocycles. The van der Waals surface area contributed by atoms with Crippen molar-refractivity contribution in [1.82, 2.24) is 45.4 Å². The number of amides is 1. The van der Waals surface area contributed by atoms with Crippen LogP contribution >= 0.6 is 0 Å². The number of hydrogen-bond acceptors (Lipinski definition) is 8. The molecule has 1 amide bonds. The quantitative estimate of drug-likeness (QED) is 0.353. The summed E-state index contributed by atoms with van der Waals surface area (Å²) < 4.78 is 1.72. The lowest BCUT2D eigenvalue weighted by Gasteiger charge is -2.19. The molecule has 11 nitrogen and oxygen atoms in total. The second kappa shape index (κ2) is 10.3. The molecule has 198 valence electrons. The fourth-order valence-corrected chi connectivity index (χ4v) is 4.55. The molecule has 3 aromatic heterocycles. The number of anilines is 2. The third-order valence-corrected chi connectivity index (χ3v) is 6.84.